The lowest BCUT2D eigenvalue weighted by Crippen LogP contribution is -2.25. The molecule has 100 valence electrons. The van der Waals surface area contributed by atoms with Crippen LogP contribution >= 0.6 is 0 Å². The monoisotopic (exact) mass is 250 g/mol. The molecule has 4 nitrogen and oxygen atoms in total. The summed E-state index contributed by atoms with van der Waals surface area (Å²) in [7, 11) is 1.38. The predicted molar refractivity (Wildman–Crippen MR) is 73.4 cm³/mol. The third-order valence-corrected chi connectivity index (χ3v) is 2.95. The van der Waals surface area contributed by atoms with Crippen molar-refractivity contribution >= 4 is 11.7 Å². The molecule has 2 N–H and O–H groups in total. The molecule has 4 heteroatoms. The first kappa shape index (κ1) is 14.5. The van der Waals surface area contributed by atoms with Crippen LogP contribution in [0.2, 0.25) is 0 Å². The number of hydrogen-bond donors (Lipinski definition) is 1. The second-order valence-electron chi connectivity index (χ2n) is 4.24. The van der Waals surface area contributed by atoms with Gasteiger partial charge in [0.15, 0.2) is 0 Å². The van der Waals surface area contributed by atoms with E-state index in [-0.39, 0.29) is 5.97 Å². The Hall–Kier alpha value is -1.55. The Labute approximate surface area is 109 Å². The van der Waals surface area contributed by atoms with E-state index in [0.29, 0.717) is 11.3 Å². The third kappa shape index (κ3) is 3.47. The van der Waals surface area contributed by atoms with Crippen LogP contribution in [0, 0.1) is 0 Å². The molecule has 0 saturated heterocycles. The second-order valence-corrected chi connectivity index (χ2v) is 4.24. The number of carbonyl (C=O) groups is 1. The van der Waals surface area contributed by atoms with Gasteiger partial charge in [-0.05, 0) is 31.1 Å². The number of carbonyl (C=O) groups excluding carboxylic acids is 1. The van der Waals surface area contributed by atoms with Crippen LogP contribution in [-0.2, 0) is 11.3 Å². The number of hydrogen-bond acceptors (Lipinski definition) is 4. The molecular formula is C14H22N2O2. The normalized spacial score (nSPS) is 10.7. The standard InChI is InChI=1S/C14H22N2O2/c1-4-9-16(5-2)10-11-7-6-8-12(15)13(11)14(17)18-3/h6-8H,4-5,9-10,15H2,1-3H3. The Morgan fingerprint density at radius 2 is 2.11 bits per heavy atom. The summed E-state index contributed by atoms with van der Waals surface area (Å²) in [5.41, 5.74) is 7.77. The molecule has 0 amide bonds. The zero-order chi connectivity index (χ0) is 13.5. The van der Waals surface area contributed by atoms with Gasteiger partial charge in [0.1, 0.15) is 0 Å². The number of anilines is 1. The van der Waals surface area contributed by atoms with Crippen LogP contribution in [-0.4, -0.2) is 31.1 Å². The topological polar surface area (TPSA) is 55.6 Å². The van der Waals surface area contributed by atoms with Crippen molar-refractivity contribution in [1.29, 1.82) is 0 Å². The SMILES string of the molecule is CCCN(CC)Cc1cccc(N)c1C(=O)OC. The van der Waals surface area contributed by atoms with Gasteiger partial charge in [0, 0.05) is 12.2 Å². The van der Waals surface area contributed by atoms with Gasteiger partial charge in [0.2, 0.25) is 0 Å². The van der Waals surface area contributed by atoms with Gasteiger partial charge in [0.25, 0.3) is 0 Å². The van der Waals surface area contributed by atoms with E-state index < -0.39 is 0 Å². The zero-order valence-electron chi connectivity index (χ0n) is 11.4. The summed E-state index contributed by atoms with van der Waals surface area (Å²) in [5, 5.41) is 0. The first-order valence-corrected chi connectivity index (χ1v) is 6.32. The number of nitrogen functional groups attached to an aromatic ring is 1. The Balaban J connectivity index is 3.00. The quantitative estimate of drug-likeness (QED) is 0.621. The highest BCUT2D eigenvalue weighted by Gasteiger charge is 2.16. The van der Waals surface area contributed by atoms with Crippen LogP contribution < -0.4 is 5.73 Å². The number of rotatable bonds is 6. The fourth-order valence-electron chi connectivity index (χ4n) is 2.01. The average Bonchev–Trinajstić information content (AvgIpc) is 2.37. The smallest absolute Gasteiger partial charge is 0.340 e. The Morgan fingerprint density at radius 1 is 1.39 bits per heavy atom. The number of esters is 1. The fourth-order valence-corrected chi connectivity index (χ4v) is 2.01. The summed E-state index contributed by atoms with van der Waals surface area (Å²) in [6, 6.07) is 5.53. The van der Waals surface area contributed by atoms with Gasteiger partial charge in [-0.15, -0.1) is 0 Å². The van der Waals surface area contributed by atoms with Crippen LogP contribution in [0.4, 0.5) is 5.69 Å². The molecule has 0 aliphatic rings. The van der Waals surface area contributed by atoms with Crippen molar-refractivity contribution in [1.82, 2.24) is 4.90 Å². The Bertz CT molecular complexity index is 405. The minimum atomic E-state index is -0.365. The zero-order valence-corrected chi connectivity index (χ0v) is 11.4. The summed E-state index contributed by atoms with van der Waals surface area (Å²) >= 11 is 0. The minimum Gasteiger partial charge on any atom is -0.465 e. The lowest BCUT2D eigenvalue weighted by atomic mass is 10.0. The fraction of sp³-hybridized carbons (Fsp3) is 0.500. The molecule has 0 atom stereocenters. The van der Waals surface area contributed by atoms with E-state index in [4.69, 9.17) is 10.5 Å². The molecule has 0 aliphatic carbocycles. The molecule has 0 bridgehead atoms. The van der Waals surface area contributed by atoms with Crippen molar-refractivity contribution in [2.24, 2.45) is 0 Å². The van der Waals surface area contributed by atoms with E-state index in [1.807, 2.05) is 12.1 Å². The minimum absolute atomic E-state index is 0.365. The Kier molecular flexibility index (Phi) is 5.65. The summed E-state index contributed by atoms with van der Waals surface area (Å²) in [4.78, 5) is 14.0. The maximum Gasteiger partial charge on any atom is 0.340 e. The average molecular weight is 250 g/mol. The van der Waals surface area contributed by atoms with Crippen molar-refractivity contribution in [3.05, 3.63) is 29.3 Å². The van der Waals surface area contributed by atoms with Gasteiger partial charge >= 0.3 is 5.97 Å². The van der Waals surface area contributed by atoms with Crippen molar-refractivity contribution in [2.75, 3.05) is 25.9 Å². The van der Waals surface area contributed by atoms with E-state index in [0.717, 1.165) is 31.6 Å². The van der Waals surface area contributed by atoms with Gasteiger partial charge in [-0.3, -0.25) is 4.90 Å². The van der Waals surface area contributed by atoms with Crippen molar-refractivity contribution in [3.63, 3.8) is 0 Å². The molecular weight excluding hydrogens is 228 g/mol. The van der Waals surface area contributed by atoms with Gasteiger partial charge in [-0.25, -0.2) is 4.79 Å². The van der Waals surface area contributed by atoms with Gasteiger partial charge in [-0.2, -0.15) is 0 Å². The van der Waals surface area contributed by atoms with Gasteiger partial charge in [-0.1, -0.05) is 26.0 Å². The molecule has 18 heavy (non-hydrogen) atoms. The van der Waals surface area contributed by atoms with Crippen LogP contribution in [0.25, 0.3) is 0 Å². The first-order valence-electron chi connectivity index (χ1n) is 6.32. The number of ether oxygens (including phenoxy) is 1. The lowest BCUT2D eigenvalue weighted by Gasteiger charge is -2.21. The largest absolute Gasteiger partial charge is 0.465 e. The summed E-state index contributed by atoms with van der Waals surface area (Å²) < 4.78 is 4.80. The molecule has 0 aromatic heterocycles. The highest BCUT2D eigenvalue weighted by molar-refractivity contribution is 5.96. The van der Waals surface area contributed by atoms with Crippen LogP contribution in [0.5, 0.6) is 0 Å². The van der Waals surface area contributed by atoms with E-state index in [1.165, 1.54) is 7.11 Å². The molecule has 0 unspecified atom stereocenters. The van der Waals surface area contributed by atoms with E-state index >= 15 is 0 Å². The molecule has 0 radical (unpaired) electrons. The summed E-state index contributed by atoms with van der Waals surface area (Å²) in [6.07, 6.45) is 1.09. The van der Waals surface area contributed by atoms with E-state index in [2.05, 4.69) is 18.7 Å². The molecule has 0 heterocycles. The molecule has 0 saturated carbocycles. The van der Waals surface area contributed by atoms with Crippen LogP contribution in [0.1, 0.15) is 36.2 Å². The number of benzene rings is 1. The molecule has 0 fully saturated rings. The van der Waals surface area contributed by atoms with E-state index in [9.17, 15) is 4.79 Å². The molecule has 0 aliphatic heterocycles. The van der Waals surface area contributed by atoms with Crippen LogP contribution in [0.15, 0.2) is 18.2 Å². The van der Waals surface area contributed by atoms with Crippen molar-refractivity contribution in [2.45, 2.75) is 26.8 Å². The van der Waals surface area contributed by atoms with Crippen LogP contribution in [0.3, 0.4) is 0 Å². The van der Waals surface area contributed by atoms with Gasteiger partial charge in [0.05, 0.1) is 12.7 Å². The van der Waals surface area contributed by atoms with Gasteiger partial charge < -0.3 is 10.5 Å². The molecule has 0 spiro atoms. The lowest BCUT2D eigenvalue weighted by molar-refractivity contribution is 0.0599. The molecule has 1 rings (SSSR count). The summed E-state index contributed by atoms with van der Waals surface area (Å²) in [6.45, 7) is 6.93. The highest BCUT2D eigenvalue weighted by Crippen LogP contribution is 2.20. The molecule has 1 aromatic rings. The highest BCUT2D eigenvalue weighted by atomic mass is 16.5. The maximum absolute atomic E-state index is 11.8. The summed E-state index contributed by atoms with van der Waals surface area (Å²) in [5.74, 6) is -0.365. The number of nitrogens with zero attached hydrogens (tertiary/aromatic N) is 1. The maximum atomic E-state index is 11.8. The first-order chi connectivity index (χ1) is 8.63. The van der Waals surface area contributed by atoms with Crippen molar-refractivity contribution < 1.29 is 9.53 Å². The Morgan fingerprint density at radius 3 is 2.67 bits per heavy atom. The number of nitrogens with two attached hydrogens (primary N) is 1. The van der Waals surface area contributed by atoms with Crippen molar-refractivity contribution in [3.8, 4) is 0 Å². The number of methoxy groups -OCH3 is 1. The predicted octanol–water partition coefficient (Wildman–Crippen LogP) is 2.29. The third-order valence-electron chi connectivity index (χ3n) is 2.95. The molecule has 1 aromatic carbocycles. The van der Waals surface area contributed by atoms with E-state index in [1.54, 1.807) is 6.07 Å². The second kappa shape index (κ2) is 7.01.